The molecule has 0 saturated carbocycles. The third-order valence-corrected chi connectivity index (χ3v) is 4.62. The number of thioether (sulfide) groups is 1. The molecule has 0 aliphatic heterocycles. The number of benzene rings is 1. The minimum atomic E-state index is -0.151. The average Bonchev–Trinajstić information content (AvgIpc) is 3.25. The molecule has 7 nitrogen and oxygen atoms in total. The Morgan fingerprint density at radius 3 is 2.50 bits per heavy atom. The molecule has 0 radical (unpaired) electrons. The zero-order valence-corrected chi connectivity index (χ0v) is 16.3. The largest absolute Gasteiger partial charge is 0.497 e. The van der Waals surface area contributed by atoms with Gasteiger partial charge in [0.2, 0.25) is 11.8 Å². The molecule has 0 fully saturated rings. The summed E-state index contributed by atoms with van der Waals surface area (Å²) < 4.78 is 16.3. The Morgan fingerprint density at radius 1 is 1.15 bits per heavy atom. The molecule has 0 spiro atoms. The van der Waals surface area contributed by atoms with E-state index in [1.165, 1.54) is 11.8 Å². The number of hydrogen-bond donors (Lipinski definition) is 0. The first-order chi connectivity index (χ1) is 12.3. The number of nitrogens with zero attached hydrogens (tertiary/aromatic N) is 4. The molecule has 3 rings (SSSR count). The summed E-state index contributed by atoms with van der Waals surface area (Å²) in [6.45, 7) is 8.10. The van der Waals surface area contributed by atoms with Gasteiger partial charge in [0.1, 0.15) is 5.75 Å². The van der Waals surface area contributed by atoms with Crippen LogP contribution in [-0.4, -0.2) is 27.4 Å². The van der Waals surface area contributed by atoms with Crippen LogP contribution < -0.4 is 4.74 Å². The van der Waals surface area contributed by atoms with Gasteiger partial charge in [-0.1, -0.05) is 49.8 Å². The Hall–Kier alpha value is -2.35. The summed E-state index contributed by atoms with van der Waals surface area (Å²) in [6, 6.07) is 7.77. The number of rotatable bonds is 6. The van der Waals surface area contributed by atoms with Crippen molar-refractivity contribution in [2.45, 2.75) is 50.0 Å². The van der Waals surface area contributed by atoms with Crippen LogP contribution in [0.4, 0.5) is 0 Å². The van der Waals surface area contributed by atoms with Crippen LogP contribution in [-0.2, 0) is 11.8 Å². The van der Waals surface area contributed by atoms with Crippen LogP contribution in [0.1, 0.15) is 56.1 Å². The van der Waals surface area contributed by atoms with Gasteiger partial charge in [-0.15, -0.1) is 10.2 Å². The van der Waals surface area contributed by atoms with Gasteiger partial charge in [-0.25, -0.2) is 0 Å². The van der Waals surface area contributed by atoms with E-state index in [-0.39, 0.29) is 10.7 Å². The van der Waals surface area contributed by atoms with E-state index >= 15 is 0 Å². The van der Waals surface area contributed by atoms with E-state index in [0.29, 0.717) is 29.2 Å². The molecule has 0 aliphatic carbocycles. The smallest absolute Gasteiger partial charge is 0.277 e. The molecule has 138 valence electrons. The van der Waals surface area contributed by atoms with Gasteiger partial charge in [-0.05, 0) is 24.6 Å². The second-order valence-corrected chi connectivity index (χ2v) is 8.24. The average molecular weight is 374 g/mol. The first-order valence-electron chi connectivity index (χ1n) is 8.31. The standard InChI is InChI=1S/C18H22N4O3S/c1-11(15-19-16(22-25-15)18(2,3)4)26-17-21-20-14(24-17)10-12-6-8-13(23-5)9-7-12/h6-9,11H,10H2,1-5H3. The van der Waals surface area contributed by atoms with Crippen molar-refractivity contribution in [3.8, 4) is 5.75 Å². The fourth-order valence-electron chi connectivity index (χ4n) is 2.18. The minimum Gasteiger partial charge on any atom is -0.497 e. The molecule has 8 heteroatoms. The molecule has 3 aromatic rings. The SMILES string of the molecule is COc1ccc(Cc2nnc(SC(C)c3nc(C(C)(C)C)no3)o2)cc1. The molecule has 0 saturated heterocycles. The molecular formula is C18H22N4O3S. The molecule has 1 unspecified atom stereocenters. The van der Waals surface area contributed by atoms with Gasteiger partial charge < -0.3 is 13.7 Å². The van der Waals surface area contributed by atoms with Crippen LogP contribution in [0, 0.1) is 0 Å². The number of hydrogen-bond acceptors (Lipinski definition) is 8. The number of methoxy groups -OCH3 is 1. The lowest BCUT2D eigenvalue weighted by Gasteiger charge is -2.11. The van der Waals surface area contributed by atoms with E-state index in [4.69, 9.17) is 13.7 Å². The third-order valence-electron chi connectivity index (χ3n) is 3.70. The monoisotopic (exact) mass is 374 g/mol. The summed E-state index contributed by atoms with van der Waals surface area (Å²) in [4.78, 5) is 4.47. The predicted molar refractivity (Wildman–Crippen MR) is 97.4 cm³/mol. The van der Waals surface area contributed by atoms with Crippen molar-refractivity contribution >= 4 is 11.8 Å². The fourth-order valence-corrected chi connectivity index (χ4v) is 2.91. The second kappa shape index (κ2) is 7.49. The Balaban J connectivity index is 1.63. The Bertz CT molecular complexity index is 852. The van der Waals surface area contributed by atoms with E-state index in [1.807, 2.05) is 52.0 Å². The lowest BCUT2D eigenvalue weighted by Crippen LogP contribution is -2.13. The van der Waals surface area contributed by atoms with Gasteiger partial charge in [-0.2, -0.15) is 4.98 Å². The van der Waals surface area contributed by atoms with E-state index in [1.54, 1.807) is 7.11 Å². The maximum atomic E-state index is 5.73. The summed E-state index contributed by atoms with van der Waals surface area (Å²) in [5, 5.41) is 12.7. The van der Waals surface area contributed by atoms with Crippen molar-refractivity contribution in [2.24, 2.45) is 0 Å². The highest BCUT2D eigenvalue weighted by molar-refractivity contribution is 7.99. The van der Waals surface area contributed by atoms with Crippen LogP contribution in [0.25, 0.3) is 0 Å². The fraction of sp³-hybridized carbons (Fsp3) is 0.444. The van der Waals surface area contributed by atoms with E-state index in [9.17, 15) is 0 Å². The highest BCUT2D eigenvalue weighted by Crippen LogP contribution is 2.34. The van der Waals surface area contributed by atoms with Gasteiger partial charge in [0.05, 0.1) is 18.8 Å². The quantitative estimate of drug-likeness (QED) is 0.593. The minimum absolute atomic E-state index is 0.0760. The molecule has 26 heavy (non-hydrogen) atoms. The first kappa shape index (κ1) is 18.4. The molecule has 1 atom stereocenters. The van der Waals surface area contributed by atoms with Crippen LogP contribution in [0.3, 0.4) is 0 Å². The van der Waals surface area contributed by atoms with Gasteiger partial charge in [0.25, 0.3) is 5.22 Å². The zero-order chi connectivity index (χ0) is 18.7. The van der Waals surface area contributed by atoms with Gasteiger partial charge in [0.15, 0.2) is 5.82 Å². The summed E-state index contributed by atoms with van der Waals surface area (Å²) in [5.41, 5.74) is 0.924. The Labute approximate surface area is 156 Å². The van der Waals surface area contributed by atoms with Crippen LogP contribution in [0.2, 0.25) is 0 Å². The summed E-state index contributed by atoms with van der Waals surface area (Å²) >= 11 is 1.40. The van der Waals surface area contributed by atoms with Crippen molar-refractivity contribution in [3.05, 3.63) is 47.4 Å². The topological polar surface area (TPSA) is 87.1 Å². The maximum Gasteiger partial charge on any atom is 0.277 e. The van der Waals surface area contributed by atoms with E-state index < -0.39 is 0 Å². The maximum absolute atomic E-state index is 5.73. The molecular weight excluding hydrogens is 352 g/mol. The van der Waals surface area contributed by atoms with E-state index in [2.05, 4.69) is 20.3 Å². The first-order valence-corrected chi connectivity index (χ1v) is 9.19. The lowest BCUT2D eigenvalue weighted by atomic mass is 9.96. The van der Waals surface area contributed by atoms with Gasteiger partial charge >= 0.3 is 0 Å². The van der Waals surface area contributed by atoms with Crippen molar-refractivity contribution in [1.29, 1.82) is 0 Å². The molecule has 0 N–H and O–H groups in total. The van der Waals surface area contributed by atoms with Gasteiger partial charge in [-0.3, -0.25) is 0 Å². The van der Waals surface area contributed by atoms with E-state index in [0.717, 1.165) is 11.3 Å². The third kappa shape index (κ3) is 4.43. The zero-order valence-electron chi connectivity index (χ0n) is 15.5. The second-order valence-electron chi connectivity index (χ2n) is 6.95. The number of ether oxygens (including phenoxy) is 1. The van der Waals surface area contributed by atoms with Crippen molar-refractivity contribution in [2.75, 3.05) is 7.11 Å². The molecule has 0 aliphatic rings. The Kier molecular flexibility index (Phi) is 5.31. The normalized spacial score (nSPS) is 13.0. The summed E-state index contributed by atoms with van der Waals surface area (Å²) in [7, 11) is 1.64. The highest BCUT2D eigenvalue weighted by atomic mass is 32.2. The molecule has 0 amide bonds. The number of aromatic nitrogens is 4. The lowest BCUT2D eigenvalue weighted by molar-refractivity contribution is 0.363. The van der Waals surface area contributed by atoms with Crippen LogP contribution >= 0.6 is 11.8 Å². The molecule has 2 aromatic heterocycles. The predicted octanol–water partition coefficient (Wildman–Crippen LogP) is 4.20. The summed E-state index contributed by atoms with van der Waals surface area (Å²) in [6.07, 6.45) is 0.570. The molecule has 1 aromatic carbocycles. The van der Waals surface area contributed by atoms with Crippen molar-refractivity contribution in [1.82, 2.24) is 20.3 Å². The van der Waals surface area contributed by atoms with Crippen LogP contribution in [0.15, 0.2) is 38.4 Å². The molecule has 2 heterocycles. The molecule has 0 bridgehead atoms. The van der Waals surface area contributed by atoms with Crippen molar-refractivity contribution in [3.63, 3.8) is 0 Å². The van der Waals surface area contributed by atoms with Crippen LogP contribution in [0.5, 0.6) is 5.75 Å². The summed E-state index contributed by atoms with van der Waals surface area (Å²) in [5.74, 6) is 2.62. The van der Waals surface area contributed by atoms with Gasteiger partial charge in [0, 0.05) is 5.41 Å². The van der Waals surface area contributed by atoms with Crippen molar-refractivity contribution < 1.29 is 13.7 Å². The highest BCUT2D eigenvalue weighted by Gasteiger charge is 2.24. The Morgan fingerprint density at radius 2 is 1.88 bits per heavy atom.